The maximum atomic E-state index is 14.1. The average molecular weight is 572 g/mol. The average Bonchev–Trinajstić information content (AvgIpc) is 3.36. The minimum atomic E-state index is -1.28. The van der Waals surface area contributed by atoms with Gasteiger partial charge in [0, 0.05) is 45.7 Å². The molecule has 1 fully saturated rings. The number of ether oxygens (including phenoxy) is 1. The summed E-state index contributed by atoms with van der Waals surface area (Å²) in [6.45, 7) is 5.10. The third kappa shape index (κ3) is 6.71. The second kappa shape index (κ2) is 13.3. The number of piperidine rings is 1. The number of carboxylic acids is 1. The van der Waals surface area contributed by atoms with E-state index in [-0.39, 0.29) is 23.3 Å². The quantitative estimate of drug-likeness (QED) is 0.206. The highest BCUT2D eigenvalue weighted by atomic mass is 19.1. The standard InChI is InChI=1S/C34H38FN3O4/c1-23(19-24-10-12-25(13-11-24)26-14-15-28(34(40)41)29(35)21-26)20-32(39)37-16-5-7-27(22-37)33-36-30-8-3-4-9-31(30)38(33)17-6-18-42-2/h3-4,8-15,21,23,27H,5-7,16-20,22H2,1-2H3,(H,40,41)/t23-,27-/m1/s1. The number of halogens is 1. The van der Waals surface area contributed by atoms with E-state index in [4.69, 9.17) is 14.8 Å². The lowest BCUT2D eigenvalue weighted by atomic mass is 9.93. The van der Waals surface area contributed by atoms with Crippen molar-refractivity contribution in [1.82, 2.24) is 14.5 Å². The molecule has 3 aromatic carbocycles. The summed E-state index contributed by atoms with van der Waals surface area (Å²) in [7, 11) is 1.72. The topological polar surface area (TPSA) is 84.7 Å². The van der Waals surface area contributed by atoms with Crippen molar-refractivity contribution in [3.8, 4) is 11.1 Å². The maximum Gasteiger partial charge on any atom is 0.338 e. The van der Waals surface area contributed by atoms with Gasteiger partial charge in [0.1, 0.15) is 11.6 Å². The van der Waals surface area contributed by atoms with Gasteiger partial charge in [0.15, 0.2) is 0 Å². The van der Waals surface area contributed by atoms with Crippen molar-refractivity contribution in [1.29, 1.82) is 0 Å². The van der Waals surface area contributed by atoms with Crippen LogP contribution in [-0.4, -0.2) is 58.2 Å². The first-order valence-corrected chi connectivity index (χ1v) is 14.7. The Morgan fingerprint density at radius 2 is 1.86 bits per heavy atom. The summed E-state index contributed by atoms with van der Waals surface area (Å²) >= 11 is 0. The number of imidazole rings is 1. The Labute approximate surface area is 245 Å². The summed E-state index contributed by atoms with van der Waals surface area (Å²) in [5.74, 6) is -0.421. The summed E-state index contributed by atoms with van der Waals surface area (Å²) < 4.78 is 21.7. The minimum Gasteiger partial charge on any atom is -0.478 e. The molecule has 1 aliphatic heterocycles. The molecule has 220 valence electrons. The van der Waals surface area contributed by atoms with Crippen LogP contribution in [0.3, 0.4) is 0 Å². The number of aromatic nitrogens is 2. The monoisotopic (exact) mass is 571 g/mol. The van der Waals surface area contributed by atoms with Crippen molar-refractivity contribution in [3.05, 3.63) is 89.5 Å². The number of carboxylic acid groups (broad SMARTS) is 1. The van der Waals surface area contributed by atoms with Crippen LogP contribution in [0.15, 0.2) is 66.7 Å². The Bertz CT molecular complexity index is 1550. The zero-order chi connectivity index (χ0) is 29.6. The van der Waals surface area contributed by atoms with E-state index in [9.17, 15) is 14.0 Å². The fourth-order valence-corrected chi connectivity index (χ4v) is 6.03. The summed E-state index contributed by atoms with van der Waals surface area (Å²) in [6, 6.07) is 20.2. The molecule has 42 heavy (non-hydrogen) atoms. The number of amides is 1. The number of aryl methyl sites for hydroxylation is 1. The first kappa shape index (κ1) is 29.5. The molecular weight excluding hydrogens is 533 g/mol. The molecule has 1 amide bonds. The van der Waals surface area contributed by atoms with E-state index in [1.165, 1.54) is 12.1 Å². The molecule has 5 rings (SSSR count). The lowest BCUT2D eigenvalue weighted by Gasteiger charge is -2.33. The van der Waals surface area contributed by atoms with Crippen LogP contribution in [0.5, 0.6) is 0 Å². The lowest BCUT2D eigenvalue weighted by molar-refractivity contribution is -0.133. The van der Waals surface area contributed by atoms with Gasteiger partial charge in [0.25, 0.3) is 0 Å². The van der Waals surface area contributed by atoms with Gasteiger partial charge in [-0.3, -0.25) is 4.79 Å². The van der Waals surface area contributed by atoms with Crippen LogP contribution in [0.25, 0.3) is 22.2 Å². The summed E-state index contributed by atoms with van der Waals surface area (Å²) in [4.78, 5) is 31.5. The number of para-hydroxylation sites is 2. The number of methoxy groups -OCH3 is 1. The van der Waals surface area contributed by atoms with Crippen LogP contribution in [0.1, 0.15) is 60.3 Å². The predicted molar refractivity (Wildman–Crippen MR) is 161 cm³/mol. The van der Waals surface area contributed by atoms with E-state index in [1.807, 2.05) is 41.3 Å². The number of hydrogen-bond donors (Lipinski definition) is 1. The van der Waals surface area contributed by atoms with Crippen molar-refractivity contribution in [3.63, 3.8) is 0 Å². The van der Waals surface area contributed by atoms with Gasteiger partial charge in [0.05, 0.1) is 16.6 Å². The Kier molecular flexibility index (Phi) is 9.32. The van der Waals surface area contributed by atoms with Crippen molar-refractivity contribution in [2.45, 2.75) is 51.5 Å². The zero-order valence-corrected chi connectivity index (χ0v) is 24.3. The van der Waals surface area contributed by atoms with E-state index < -0.39 is 11.8 Å². The second-order valence-electron chi connectivity index (χ2n) is 11.3. The van der Waals surface area contributed by atoms with Crippen LogP contribution >= 0.6 is 0 Å². The Morgan fingerprint density at radius 3 is 2.60 bits per heavy atom. The van der Waals surface area contributed by atoms with Gasteiger partial charge in [0.2, 0.25) is 5.91 Å². The fourth-order valence-electron chi connectivity index (χ4n) is 6.03. The van der Waals surface area contributed by atoms with Gasteiger partial charge in [-0.05, 0) is 72.6 Å². The summed E-state index contributed by atoms with van der Waals surface area (Å²) in [6.07, 6.45) is 4.11. The molecule has 8 heteroatoms. The molecule has 4 aromatic rings. The fraction of sp³-hybridized carbons (Fsp3) is 0.382. The summed E-state index contributed by atoms with van der Waals surface area (Å²) in [5.41, 5.74) is 4.33. The Balaban J connectivity index is 1.20. The number of nitrogens with zero attached hydrogens (tertiary/aromatic N) is 3. The molecule has 7 nitrogen and oxygen atoms in total. The molecular formula is C34H38FN3O4. The third-order valence-electron chi connectivity index (χ3n) is 8.15. The third-order valence-corrected chi connectivity index (χ3v) is 8.15. The molecule has 1 saturated heterocycles. The Hall–Kier alpha value is -4.04. The molecule has 0 radical (unpaired) electrons. The number of aromatic carboxylic acids is 1. The van der Waals surface area contributed by atoms with Crippen LogP contribution in [0, 0.1) is 11.7 Å². The highest BCUT2D eigenvalue weighted by Gasteiger charge is 2.29. The van der Waals surface area contributed by atoms with Crippen LogP contribution in [0.2, 0.25) is 0 Å². The molecule has 1 aliphatic rings. The second-order valence-corrected chi connectivity index (χ2v) is 11.3. The van der Waals surface area contributed by atoms with Crippen LogP contribution in [0.4, 0.5) is 4.39 Å². The normalized spacial score (nSPS) is 16.1. The number of benzene rings is 3. The number of carbonyl (C=O) groups is 2. The number of fused-ring (bicyclic) bond motifs is 1. The van der Waals surface area contributed by atoms with Gasteiger partial charge >= 0.3 is 5.97 Å². The van der Waals surface area contributed by atoms with Gasteiger partial charge < -0.3 is 19.3 Å². The number of likely N-dealkylation sites (tertiary alicyclic amines) is 1. The smallest absolute Gasteiger partial charge is 0.338 e. The van der Waals surface area contributed by atoms with E-state index >= 15 is 0 Å². The zero-order valence-electron chi connectivity index (χ0n) is 24.3. The lowest BCUT2D eigenvalue weighted by Crippen LogP contribution is -2.40. The van der Waals surface area contributed by atoms with Crippen molar-refractivity contribution in [2.24, 2.45) is 5.92 Å². The molecule has 2 atom stereocenters. The summed E-state index contributed by atoms with van der Waals surface area (Å²) in [5, 5.41) is 9.06. The van der Waals surface area contributed by atoms with Gasteiger partial charge in [-0.25, -0.2) is 14.2 Å². The number of carbonyl (C=O) groups excluding carboxylic acids is 1. The minimum absolute atomic E-state index is 0.162. The van der Waals surface area contributed by atoms with Gasteiger partial charge in [-0.2, -0.15) is 0 Å². The molecule has 0 bridgehead atoms. The van der Waals surface area contributed by atoms with Gasteiger partial charge in [-0.15, -0.1) is 0 Å². The molecule has 1 N–H and O–H groups in total. The van der Waals surface area contributed by atoms with Crippen LogP contribution in [-0.2, 0) is 22.5 Å². The molecule has 1 aromatic heterocycles. The van der Waals surface area contributed by atoms with Gasteiger partial charge in [-0.1, -0.05) is 49.4 Å². The highest BCUT2D eigenvalue weighted by molar-refractivity contribution is 5.88. The van der Waals surface area contributed by atoms with E-state index in [0.717, 1.165) is 66.8 Å². The number of hydrogen-bond acceptors (Lipinski definition) is 4. The van der Waals surface area contributed by atoms with Crippen LogP contribution < -0.4 is 0 Å². The van der Waals surface area contributed by atoms with Crippen molar-refractivity contribution >= 4 is 22.9 Å². The molecule has 0 saturated carbocycles. The van der Waals surface area contributed by atoms with E-state index in [2.05, 4.69) is 23.6 Å². The van der Waals surface area contributed by atoms with E-state index in [1.54, 1.807) is 13.2 Å². The molecule has 0 aliphatic carbocycles. The van der Waals surface area contributed by atoms with Crippen molar-refractivity contribution in [2.75, 3.05) is 26.8 Å². The van der Waals surface area contributed by atoms with E-state index in [0.29, 0.717) is 25.1 Å². The first-order chi connectivity index (χ1) is 20.3. The predicted octanol–water partition coefficient (Wildman–Crippen LogP) is 6.55. The van der Waals surface area contributed by atoms with Crippen molar-refractivity contribution < 1.29 is 23.8 Å². The maximum absolute atomic E-state index is 14.1. The molecule has 2 heterocycles. The largest absolute Gasteiger partial charge is 0.478 e. The molecule has 0 spiro atoms. The highest BCUT2D eigenvalue weighted by Crippen LogP contribution is 2.31. The Morgan fingerprint density at radius 1 is 1.10 bits per heavy atom. The first-order valence-electron chi connectivity index (χ1n) is 14.7. The SMILES string of the molecule is COCCCn1c([C@@H]2CCCN(C(=O)C[C@H](C)Cc3ccc(-c4ccc(C(=O)O)c(F)c4)cc3)C2)nc2ccccc21. The number of rotatable bonds is 11. The molecule has 0 unspecified atom stereocenters.